The van der Waals surface area contributed by atoms with Crippen molar-refractivity contribution >= 4 is 23.0 Å². The van der Waals surface area contributed by atoms with Gasteiger partial charge in [0.25, 0.3) is 0 Å². The fraction of sp³-hybridized carbons (Fsp3) is 0.467. The lowest BCUT2D eigenvalue weighted by Crippen LogP contribution is -2.43. The zero-order valence-corrected chi connectivity index (χ0v) is 11.7. The molecule has 0 atom stereocenters. The van der Waals surface area contributed by atoms with Crippen molar-refractivity contribution in [1.82, 2.24) is 15.2 Å². The monoisotopic (exact) mass is 286 g/mol. The smallest absolute Gasteiger partial charge is 0.305 e. The van der Waals surface area contributed by atoms with Gasteiger partial charge in [-0.1, -0.05) is 31.4 Å². The van der Waals surface area contributed by atoms with Gasteiger partial charge in [-0.15, -0.1) is 10.2 Å². The van der Waals surface area contributed by atoms with Crippen LogP contribution in [0.25, 0.3) is 11.0 Å². The highest BCUT2D eigenvalue weighted by molar-refractivity contribution is 5.74. The molecule has 1 aromatic carbocycles. The molecule has 3 rings (SSSR count). The number of carbonyl (C=O) groups is 1. The van der Waals surface area contributed by atoms with Gasteiger partial charge < -0.3 is 10.4 Å². The summed E-state index contributed by atoms with van der Waals surface area (Å²) in [5.74, 6) is -0.380. The number of benzene rings is 1. The van der Waals surface area contributed by atoms with Crippen molar-refractivity contribution in [2.75, 3.05) is 5.32 Å². The molecule has 6 nitrogen and oxygen atoms in total. The summed E-state index contributed by atoms with van der Waals surface area (Å²) < 4.78 is 0. The summed E-state index contributed by atoms with van der Waals surface area (Å²) in [4.78, 5) is 15.6. The first-order valence-corrected chi connectivity index (χ1v) is 7.26. The number of nitrogens with one attached hydrogen (secondary N) is 1. The molecule has 1 aliphatic rings. The molecule has 0 saturated heterocycles. The zero-order chi connectivity index (χ0) is 14.7. The standard InChI is InChI=1S/C15H18N4O2/c20-13(21)10-15(8-4-1-5-9-15)17-14-16-11-6-2-3-7-12(11)18-19-14/h2-3,6-7H,1,4-5,8-10H2,(H,20,21)(H,16,17,19). The Balaban J connectivity index is 1.88. The molecule has 6 heteroatoms. The summed E-state index contributed by atoms with van der Waals surface area (Å²) in [5, 5.41) is 20.7. The molecule has 1 fully saturated rings. The molecule has 0 unspecified atom stereocenters. The van der Waals surface area contributed by atoms with Gasteiger partial charge in [-0.2, -0.15) is 0 Å². The fourth-order valence-electron chi connectivity index (χ4n) is 3.04. The molecule has 0 aliphatic heterocycles. The highest BCUT2D eigenvalue weighted by Gasteiger charge is 2.35. The number of rotatable bonds is 4. The number of anilines is 1. The molecular formula is C15H18N4O2. The first-order chi connectivity index (χ1) is 10.2. The summed E-state index contributed by atoms with van der Waals surface area (Å²) in [6, 6.07) is 7.51. The Bertz CT molecular complexity index is 653. The summed E-state index contributed by atoms with van der Waals surface area (Å²) in [6.45, 7) is 0. The van der Waals surface area contributed by atoms with Crippen LogP contribution in [0, 0.1) is 0 Å². The van der Waals surface area contributed by atoms with E-state index in [-0.39, 0.29) is 6.42 Å². The Morgan fingerprint density at radius 3 is 2.57 bits per heavy atom. The van der Waals surface area contributed by atoms with Crippen LogP contribution >= 0.6 is 0 Å². The maximum absolute atomic E-state index is 11.2. The van der Waals surface area contributed by atoms with Gasteiger partial charge in [0.2, 0.25) is 5.95 Å². The Morgan fingerprint density at radius 2 is 1.86 bits per heavy atom. The molecule has 1 aliphatic carbocycles. The molecule has 0 amide bonds. The maximum Gasteiger partial charge on any atom is 0.305 e. The average Bonchev–Trinajstić information content (AvgIpc) is 2.47. The minimum Gasteiger partial charge on any atom is -0.481 e. The fourth-order valence-corrected chi connectivity index (χ4v) is 3.04. The van der Waals surface area contributed by atoms with Crippen LogP contribution in [0.1, 0.15) is 38.5 Å². The van der Waals surface area contributed by atoms with Crippen LogP contribution in [-0.2, 0) is 4.79 Å². The van der Waals surface area contributed by atoms with Crippen LogP contribution in [0.4, 0.5) is 5.95 Å². The molecule has 1 saturated carbocycles. The van der Waals surface area contributed by atoms with Crippen molar-refractivity contribution in [2.24, 2.45) is 0 Å². The zero-order valence-electron chi connectivity index (χ0n) is 11.7. The van der Waals surface area contributed by atoms with E-state index in [0.717, 1.165) is 43.1 Å². The van der Waals surface area contributed by atoms with E-state index in [9.17, 15) is 9.90 Å². The van der Waals surface area contributed by atoms with Crippen molar-refractivity contribution in [3.8, 4) is 0 Å². The van der Waals surface area contributed by atoms with Gasteiger partial charge in [0.15, 0.2) is 0 Å². The number of para-hydroxylation sites is 1. The van der Waals surface area contributed by atoms with Crippen LogP contribution in [0.15, 0.2) is 24.3 Å². The minimum absolute atomic E-state index is 0.0865. The van der Waals surface area contributed by atoms with Crippen molar-refractivity contribution in [3.05, 3.63) is 24.3 Å². The van der Waals surface area contributed by atoms with Crippen molar-refractivity contribution in [2.45, 2.75) is 44.1 Å². The van der Waals surface area contributed by atoms with Crippen LogP contribution in [-0.4, -0.2) is 31.8 Å². The summed E-state index contributed by atoms with van der Waals surface area (Å²) in [7, 11) is 0. The van der Waals surface area contributed by atoms with Crippen molar-refractivity contribution in [3.63, 3.8) is 0 Å². The van der Waals surface area contributed by atoms with Gasteiger partial charge >= 0.3 is 5.97 Å². The maximum atomic E-state index is 11.2. The third kappa shape index (κ3) is 3.09. The summed E-state index contributed by atoms with van der Waals surface area (Å²) >= 11 is 0. The van der Waals surface area contributed by atoms with Crippen LogP contribution in [0.5, 0.6) is 0 Å². The number of nitrogens with zero attached hydrogens (tertiary/aromatic N) is 3. The lowest BCUT2D eigenvalue weighted by molar-refractivity contribution is -0.138. The average molecular weight is 286 g/mol. The lowest BCUT2D eigenvalue weighted by Gasteiger charge is -2.36. The van der Waals surface area contributed by atoms with Crippen molar-refractivity contribution < 1.29 is 9.90 Å². The van der Waals surface area contributed by atoms with Crippen LogP contribution in [0.2, 0.25) is 0 Å². The second-order valence-corrected chi connectivity index (χ2v) is 5.66. The van der Waals surface area contributed by atoms with Crippen molar-refractivity contribution in [1.29, 1.82) is 0 Å². The van der Waals surface area contributed by atoms with Gasteiger partial charge in [0, 0.05) is 0 Å². The summed E-state index contributed by atoms with van der Waals surface area (Å²) in [5.41, 5.74) is 1.05. The predicted molar refractivity (Wildman–Crippen MR) is 79.0 cm³/mol. The second-order valence-electron chi connectivity index (χ2n) is 5.66. The molecule has 0 bridgehead atoms. The van der Waals surface area contributed by atoms with Crippen LogP contribution < -0.4 is 5.32 Å². The number of hydrogen-bond acceptors (Lipinski definition) is 5. The largest absolute Gasteiger partial charge is 0.481 e. The van der Waals surface area contributed by atoms with Crippen LogP contribution in [0.3, 0.4) is 0 Å². The summed E-state index contributed by atoms with van der Waals surface area (Å²) in [6.07, 6.45) is 4.95. The molecule has 0 radical (unpaired) electrons. The topological polar surface area (TPSA) is 88.0 Å². The highest BCUT2D eigenvalue weighted by atomic mass is 16.4. The molecule has 2 N–H and O–H groups in total. The Labute approximate surface area is 122 Å². The van der Waals surface area contributed by atoms with E-state index in [1.807, 2.05) is 24.3 Å². The highest BCUT2D eigenvalue weighted by Crippen LogP contribution is 2.33. The van der Waals surface area contributed by atoms with E-state index >= 15 is 0 Å². The molecule has 2 aromatic rings. The van der Waals surface area contributed by atoms with Gasteiger partial charge in [0.05, 0.1) is 17.5 Å². The molecule has 21 heavy (non-hydrogen) atoms. The number of carboxylic acid groups (broad SMARTS) is 1. The van der Waals surface area contributed by atoms with E-state index in [1.54, 1.807) is 0 Å². The van der Waals surface area contributed by atoms with E-state index in [4.69, 9.17) is 0 Å². The van der Waals surface area contributed by atoms with E-state index < -0.39 is 11.5 Å². The number of aromatic nitrogens is 3. The first kappa shape index (κ1) is 13.7. The normalized spacial score (nSPS) is 17.5. The van der Waals surface area contributed by atoms with Gasteiger partial charge in [-0.25, -0.2) is 4.98 Å². The predicted octanol–water partition coefficient (Wildman–Crippen LogP) is 2.61. The second kappa shape index (κ2) is 5.63. The van der Waals surface area contributed by atoms with E-state index in [1.165, 1.54) is 0 Å². The quantitative estimate of drug-likeness (QED) is 0.898. The molecular weight excluding hydrogens is 268 g/mol. The Hall–Kier alpha value is -2.24. The molecule has 110 valence electrons. The van der Waals surface area contributed by atoms with E-state index in [2.05, 4.69) is 20.5 Å². The lowest BCUT2D eigenvalue weighted by atomic mass is 9.79. The van der Waals surface area contributed by atoms with Gasteiger partial charge in [0.1, 0.15) is 5.52 Å². The third-order valence-electron chi connectivity index (χ3n) is 4.04. The third-order valence-corrected chi connectivity index (χ3v) is 4.04. The Morgan fingerprint density at radius 1 is 1.14 bits per heavy atom. The van der Waals surface area contributed by atoms with Gasteiger partial charge in [-0.3, -0.25) is 4.79 Å². The molecule has 1 aromatic heterocycles. The number of hydrogen-bond donors (Lipinski definition) is 2. The minimum atomic E-state index is -0.793. The van der Waals surface area contributed by atoms with Gasteiger partial charge in [-0.05, 0) is 25.0 Å². The Kier molecular flexibility index (Phi) is 3.68. The SMILES string of the molecule is O=C(O)CC1(Nc2nnc3ccccc3n2)CCCCC1. The number of fused-ring (bicyclic) bond motifs is 1. The molecule has 0 spiro atoms. The molecule has 1 heterocycles. The number of carboxylic acids is 1. The van der Waals surface area contributed by atoms with E-state index in [0.29, 0.717) is 5.95 Å². The first-order valence-electron chi connectivity index (χ1n) is 7.26. The number of aliphatic carboxylic acids is 1.